The third-order valence-electron chi connectivity index (χ3n) is 13.2. The summed E-state index contributed by atoms with van der Waals surface area (Å²) in [5.41, 5.74) is -0.235. The Hall–Kier alpha value is -6.34. The lowest BCUT2D eigenvalue weighted by molar-refractivity contribution is -0.384. The van der Waals surface area contributed by atoms with Gasteiger partial charge in [-0.1, -0.05) is 23.2 Å². The van der Waals surface area contributed by atoms with Crippen molar-refractivity contribution in [3.63, 3.8) is 0 Å². The van der Waals surface area contributed by atoms with Gasteiger partial charge in [0.25, 0.3) is 23.2 Å². The highest BCUT2D eigenvalue weighted by Crippen LogP contribution is 2.39. The molecule has 73 heavy (non-hydrogen) atoms. The van der Waals surface area contributed by atoms with Gasteiger partial charge in [-0.3, -0.25) is 39.4 Å². The van der Waals surface area contributed by atoms with Crippen molar-refractivity contribution in [3.05, 3.63) is 126 Å². The molecule has 4 fully saturated rings. The first-order chi connectivity index (χ1) is 33.5. The second-order valence-electron chi connectivity index (χ2n) is 16.9. The number of nitro groups is 2. The van der Waals surface area contributed by atoms with E-state index in [1.807, 2.05) is 9.80 Å². The van der Waals surface area contributed by atoms with E-state index >= 15 is 0 Å². The molecule has 396 valence electrons. The Balaban J connectivity index is 0.000000304. The van der Waals surface area contributed by atoms with Crippen LogP contribution < -0.4 is 40.5 Å². The van der Waals surface area contributed by atoms with Crippen molar-refractivity contribution in [3.8, 4) is 11.5 Å². The molecule has 0 aliphatic carbocycles. The average molecular weight is 1100 g/mol. The number of nitrogens with zero attached hydrogens (tertiary/aromatic N) is 6. The normalized spacial score (nSPS) is 16.6. The zero-order chi connectivity index (χ0) is 50.3. The Kier molecular flexibility index (Phi) is 20.7. The minimum atomic E-state index is -0.680. The number of anilines is 2. The maximum absolute atomic E-state index is 13.4. The molecule has 4 aliphatic rings. The Morgan fingerprint density at radius 2 is 0.973 bits per heavy atom. The summed E-state index contributed by atoms with van der Waals surface area (Å²) in [5, 5.41) is 33.2. The topological polar surface area (TPSA) is 266 Å². The summed E-state index contributed by atoms with van der Waals surface area (Å²) in [6, 6.07) is 17.0. The van der Waals surface area contributed by atoms with Crippen LogP contribution in [0, 0.1) is 31.9 Å². The molecule has 0 unspecified atom stereocenters. The van der Waals surface area contributed by atoms with Gasteiger partial charge in [-0.2, -0.15) is 0 Å². The van der Waals surface area contributed by atoms with Gasteiger partial charge in [0.2, 0.25) is 11.8 Å². The van der Waals surface area contributed by atoms with Crippen molar-refractivity contribution in [1.29, 1.82) is 0 Å². The largest absolute Gasteiger partial charge is 0.496 e. The van der Waals surface area contributed by atoms with Crippen LogP contribution in [0.15, 0.2) is 72.8 Å². The molecule has 0 atom stereocenters. The van der Waals surface area contributed by atoms with Gasteiger partial charge in [0.05, 0.1) is 60.7 Å². The number of amides is 4. The maximum atomic E-state index is 13.4. The summed E-state index contributed by atoms with van der Waals surface area (Å²) in [7, 11) is 2.64. The zero-order valence-corrected chi connectivity index (χ0v) is 42.6. The molecule has 6 N–H and O–H groups in total. The van der Waals surface area contributed by atoms with E-state index in [9.17, 15) is 48.2 Å². The Bertz CT molecular complexity index is 2470. The van der Waals surface area contributed by atoms with E-state index in [0.29, 0.717) is 91.4 Å². The molecule has 8 rings (SSSR count). The Morgan fingerprint density at radius 1 is 0.644 bits per heavy atom. The summed E-state index contributed by atoms with van der Waals surface area (Å²) in [4.78, 5) is 79.9. The lowest BCUT2D eigenvalue weighted by atomic mass is 9.85. The number of benzene rings is 4. The van der Waals surface area contributed by atoms with Gasteiger partial charge < -0.3 is 55.8 Å². The van der Waals surface area contributed by atoms with Gasteiger partial charge in [-0.25, -0.2) is 8.78 Å². The molecule has 4 heterocycles. The fourth-order valence-corrected chi connectivity index (χ4v) is 9.75. The third kappa shape index (κ3) is 12.9. The summed E-state index contributed by atoms with van der Waals surface area (Å²) in [6.45, 7) is 5.12. The van der Waals surface area contributed by atoms with Gasteiger partial charge >= 0.3 is 0 Å². The van der Waals surface area contributed by atoms with E-state index in [-0.39, 0.29) is 97.8 Å². The summed E-state index contributed by atoms with van der Waals surface area (Å²) >= 11 is 11.9. The highest BCUT2D eigenvalue weighted by molar-refractivity contribution is 6.33. The maximum Gasteiger partial charge on any atom is 0.291 e. The summed E-state index contributed by atoms with van der Waals surface area (Å²) in [6.07, 6.45) is 2.37. The highest BCUT2D eigenvalue weighted by atomic mass is 35.5. The number of nitro benzene ring substituents is 2. The van der Waals surface area contributed by atoms with Crippen LogP contribution in [0.25, 0.3) is 0 Å². The molecule has 4 aromatic rings. The van der Waals surface area contributed by atoms with Crippen molar-refractivity contribution in [2.24, 2.45) is 0 Å². The van der Waals surface area contributed by atoms with Gasteiger partial charge in [0.15, 0.2) is 0 Å². The molecule has 0 saturated carbocycles. The molecule has 4 saturated heterocycles. The first kappa shape index (κ1) is 59.2. The lowest BCUT2D eigenvalue weighted by Crippen LogP contribution is -2.57. The number of rotatable bonds is 14. The number of nitrogens with one attached hydrogen (secondary N) is 4. The van der Waals surface area contributed by atoms with Gasteiger partial charge in [0.1, 0.15) is 44.3 Å². The number of halogens is 6. The van der Waals surface area contributed by atoms with Gasteiger partial charge in [0, 0.05) is 63.7 Å². The highest BCUT2D eigenvalue weighted by Gasteiger charge is 2.51. The number of hydrogen-bond donors (Lipinski definition) is 4. The number of ether oxygens (including phenoxy) is 2. The molecule has 21 nitrogen and oxygen atoms in total. The first-order valence-corrected chi connectivity index (χ1v) is 22.9. The van der Waals surface area contributed by atoms with Crippen molar-refractivity contribution in [2.75, 3.05) is 89.7 Å². The van der Waals surface area contributed by atoms with Crippen molar-refractivity contribution in [2.45, 2.75) is 36.8 Å². The van der Waals surface area contributed by atoms with Crippen molar-refractivity contribution < 1.29 is 52.8 Å². The smallest absolute Gasteiger partial charge is 0.291 e. The Labute approximate surface area is 440 Å². The third-order valence-corrected chi connectivity index (χ3v) is 13.8. The predicted molar refractivity (Wildman–Crippen MR) is 273 cm³/mol. The molecule has 0 bridgehead atoms. The fraction of sp³-hybridized carbons (Fsp3) is 0.391. The number of carbonyl (C=O) groups excluding carboxylic acids is 4. The standard InChI is InChI=1S/2C23H25ClFN5O5.2ClH.H2O/c2*1-35-20-13-19(30(33)34)18(24)12-17(20)21(31)26-8-11-28-9-6-23(7-10-28)22(32)27-14-29(23)16-4-2-15(25)3-5-16;;;/h2*2-5,12-13H,6-11,14H2,1H3,(H,26,31)(H,27,32);2*1H;1H2. The van der Waals surface area contributed by atoms with E-state index in [1.54, 1.807) is 24.3 Å². The van der Waals surface area contributed by atoms with Crippen LogP contribution in [0.2, 0.25) is 10.0 Å². The number of piperidine rings is 2. The number of methoxy groups -OCH3 is 2. The molecule has 4 amide bonds. The van der Waals surface area contributed by atoms with E-state index in [1.165, 1.54) is 50.6 Å². The molecule has 4 aromatic carbocycles. The second kappa shape index (κ2) is 25.5. The second-order valence-corrected chi connectivity index (χ2v) is 17.7. The molecule has 0 radical (unpaired) electrons. The molecular weight excluding hydrogens is 1050 g/mol. The van der Waals surface area contributed by atoms with Crippen LogP contribution in [0.1, 0.15) is 46.4 Å². The minimum absolute atomic E-state index is 0. The average Bonchev–Trinajstić information content (AvgIpc) is 3.83. The quantitative estimate of drug-likeness (QED) is 0.0943. The SMILES string of the molecule is COc1cc([N+](=O)[O-])c(Cl)cc1C(=O)NCCN1CCC2(CC1)C(=O)NCN2c1ccc(F)cc1.COc1cc([N+](=O)[O-])c(Cl)cc1C(=O)NCCN1CCC2(CC1)C(=O)NCN2c1ccc(F)cc1.Cl.Cl.O. The number of hydrogen-bond acceptors (Lipinski definition) is 14. The van der Waals surface area contributed by atoms with E-state index in [0.717, 1.165) is 23.5 Å². The first-order valence-electron chi connectivity index (χ1n) is 22.2. The van der Waals surface area contributed by atoms with Crippen LogP contribution in [0.3, 0.4) is 0 Å². The van der Waals surface area contributed by atoms with Crippen molar-refractivity contribution >= 4 is 94.4 Å². The van der Waals surface area contributed by atoms with Gasteiger partial charge in [-0.15, -0.1) is 24.8 Å². The van der Waals surface area contributed by atoms with E-state index in [4.69, 9.17) is 32.7 Å². The monoisotopic (exact) mass is 1100 g/mol. The number of carbonyl (C=O) groups is 4. The van der Waals surface area contributed by atoms with Crippen LogP contribution in [0.5, 0.6) is 11.5 Å². The van der Waals surface area contributed by atoms with Gasteiger partial charge in [-0.05, 0) is 86.3 Å². The summed E-state index contributed by atoms with van der Waals surface area (Å²) in [5.74, 6) is -1.50. The minimum Gasteiger partial charge on any atom is -0.496 e. The molecule has 27 heteroatoms. The summed E-state index contributed by atoms with van der Waals surface area (Å²) < 4.78 is 37.0. The van der Waals surface area contributed by atoms with Crippen LogP contribution in [-0.2, 0) is 9.59 Å². The molecule has 4 aliphatic heterocycles. The number of likely N-dealkylation sites (tertiary alicyclic amines) is 2. The molecule has 0 aromatic heterocycles. The Morgan fingerprint density at radius 3 is 1.27 bits per heavy atom. The van der Waals surface area contributed by atoms with Crippen molar-refractivity contribution in [1.82, 2.24) is 31.1 Å². The zero-order valence-electron chi connectivity index (χ0n) is 39.4. The van der Waals surface area contributed by atoms with Crippen LogP contribution in [0.4, 0.5) is 31.5 Å². The molecule has 2 spiro atoms. The fourth-order valence-electron chi connectivity index (χ4n) is 9.29. The molecular formula is C46H54Cl4F2N10O11. The van der Waals surface area contributed by atoms with E-state index in [2.05, 4.69) is 31.1 Å². The van der Waals surface area contributed by atoms with Crippen LogP contribution in [-0.4, -0.2) is 140 Å². The van der Waals surface area contributed by atoms with Crippen LogP contribution >= 0.6 is 48.0 Å². The van der Waals surface area contributed by atoms with E-state index < -0.39 is 32.7 Å². The lowest BCUT2D eigenvalue weighted by Gasteiger charge is -2.43. The predicted octanol–water partition coefficient (Wildman–Crippen LogP) is 5.13.